The number of rotatable bonds is 32. The summed E-state index contributed by atoms with van der Waals surface area (Å²) in [5.74, 6) is -9.73. The molecule has 66 heavy (non-hydrogen) atoms. The van der Waals surface area contributed by atoms with Crippen molar-refractivity contribution in [2.45, 2.75) is 120 Å². The Balaban J connectivity index is 3.44. The number of primary amides is 1. The molecule has 1 rings (SSSR count). The third kappa shape index (κ3) is 23.6. The Morgan fingerprint density at radius 2 is 1.00 bits per heavy atom. The first-order valence-electron chi connectivity index (χ1n) is 21.1. The fraction of sp³-hybridized carbons (Fsp3) is 0.575. The topological polar surface area (TPSA) is 467 Å². The van der Waals surface area contributed by atoms with Crippen LogP contribution in [-0.4, -0.2) is 143 Å². The fourth-order valence-electron chi connectivity index (χ4n) is 6.10. The third-order valence-corrected chi connectivity index (χ3v) is 9.53. The lowest BCUT2D eigenvalue weighted by atomic mass is 10.00. The second-order valence-electron chi connectivity index (χ2n) is 15.6. The standard InChI is InChI=1S/C40H66N14O12/c1-21(2)18-27(52-37(64)29(20-55)54-34(61)24(10-6-16-47-39(43)44)49-32(59)23(41)12-15-31(57)58)35(62)53-28(19-22-8-4-3-5-9-22)36(63)50-25(11-7-17-48-40(45)46)33(60)51-26(38(65)66)13-14-30(42)56/h3-5,8-9,21,23-29,55H,6-7,10-20,41H2,1-2H3,(H2,42,56)(H,49,59)(H,50,63)(H,51,60)(H,52,64)(H,53,62)(H,54,61)(H,57,58)(H,65,66)(H4,43,44,47)(H4,45,46,48). The number of nitrogens with zero attached hydrogens (tertiary/aromatic N) is 2. The summed E-state index contributed by atoms with van der Waals surface area (Å²) in [6.45, 7) is 2.57. The van der Waals surface area contributed by atoms with E-state index in [1.54, 1.807) is 44.2 Å². The number of nitrogens with two attached hydrogens (primary N) is 6. The van der Waals surface area contributed by atoms with E-state index in [1.807, 2.05) is 0 Å². The molecule has 26 heteroatoms. The first-order valence-corrected chi connectivity index (χ1v) is 21.1. The normalized spacial score (nSPS) is 14.0. The SMILES string of the molecule is CC(C)CC(NC(=O)C(CO)NC(=O)C(CCCN=C(N)N)NC(=O)C(N)CCC(=O)O)C(=O)NC(Cc1ccccc1)C(=O)NC(CCCN=C(N)N)C(=O)NC(CCC(N)=O)C(=O)O. The van der Waals surface area contributed by atoms with Gasteiger partial charge in [0, 0.05) is 32.4 Å². The van der Waals surface area contributed by atoms with E-state index in [2.05, 4.69) is 41.9 Å². The Labute approximate surface area is 381 Å². The van der Waals surface area contributed by atoms with Crippen molar-refractivity contribution >= 4 is 65.2 Å². The van der Waals surface area contributed by atoms with Crippen molar-refractivity contribution in [3.8, 4) is 0 Å². The summed E-state index contributed by atoms with van der Waals surface area (Å²) >= 11 is 0. The number of aliphatic hydroxyl groups excluding tert-OH is 1. The summed E-state index contributed by atoms with van der Waals surface area (Å²) < 4.78 is 0. The second kappa shape index (κ2) is 30.1. The van der Waals surface area contributed by atoms with Crippen LogP contribution >= 0.6 is 0 Å². The molecule has 1 aromatic carbocycles. The molecule has 26 nitrogen and oxygen atoms in total. The van der Waals surface area contributed by atoms with Crippen LogP contribution in [0.3, 0.4) is 0 Å². The van der Waals surface area contributed by atoms with Crippen molar-refractivity contribution in [2.75, 3.05) is 19.7 Å². The van der Waals surface area contributed by atoms with Gasteiger partial charge in [-0.2, -0.15) is 0 Å². The van der Waals surface area contributed by atoms with Gasteiger partial charge in [0.05, 0.1) is 12.6 Å². The van der Waals surface area contributed by atoms with E-state index >= 15 is 0 Å². The van der Waals surface area contributed by atoms with E-state index in [9.17, 15) is 53.4 Å². The van der Waals surface area contributed by atoms with Crippen LogP contribution in [0.15, 0.2) is 40.3 Å². The number of aliphatic imine (C=N–C) groups is 2. The molecule has 0 saturated carbocycles. The smallest absolute Gasteiger partial charge is 0.326 e. The van der Waals surface area contributed by atoms with Gasteiger partial charge in [0.15, 0.2) is 11.9 Å². The molecular weight excluding hydrogens is 869 g/mol. The molecule has 0 fully saturated rings. The van der Waals surface area contributed by atoms with Crippen molar-refractivity contribution in [2.24, 2.45) is 50.3 Å². The molecule has 0 bridgehead atoms. The van der Waals surface area contributed by atoms with Crippen molar-refractivity contribution in [1.82, 2.24) is 31.9 Å². The lowest BCUT2D eigenvalue weighted by Crippen LogP contribution is -2.60. The number of hydrogen-bond acceptors (Lipinski definition) is 13. The van der Waals surface area contributed by atoms with Gasteiger partial charge in [-0.05, 0) is 56.4 Å². The van der Waals surface area contributed by atoms with E-state index in [0.717, 1.165) is 0 Å². The van der Waals surface area contributed by atoms with Gasteiger partial charge >= 0.3 is 11.9 Å². The Morgan fingerprint density at radius 3 is 1.47 bits per heavy atom. The zero-order valence-corrected chi connectivity index (χ0v) is 37.1. The largest absolute Gasteiger partial charge is 0.481 e. The average molecular weight is 935 g/mol. The maximum Gasteiger partial charge on any atom is 0.326 e. The van der Waals surface area contributed by atoms with E-state index in [0.29, 0.717) is 5.56 Å². The van der Waals surface area contributed by atoms with Crippen LogP contribution in [0.4, 0.5) is 0 Å². The predicted molar refractivity (Wildman–Crippen MR) is 239 cm³/mol. The highest BCUT2D eigenvalue weighted by Crippen LogP contribution is 2.11. The Morgan fingerprint density at radius 1 is 0.561 bits per heavy atom. The number of aliphatic carboxylic acids is 2. The molecule has 7 amide bonds. The molecule has 21 N–H and O–H groups in total. The van der Waals surface area contributed by atoms with Gasteiger partial charge in [0.2, 0.25) is 41.4 Å². The van der Waals surface area contributed by atoms with Crippen molar-refractivity contribution in [3.63, 3.8) is 0 Å². The minimum absolute atomic E-state index is 0.0151. The van der Waals surface area contributed by atoms with Crippen molar-refractivity contribution < 1.29 is 58.5 Å². The molecule has 0 aliphatic heterocycles. The molecule has 7 unspecified atom stereocenters. The molecule has 0 saturated heterocycles. The number of aliphatic hydroxyl groups is 1. The zero-order chi connectivity index (χ0) is 49.9. The highest BCUT2D eigenvalue weighted by molar-refractivity contribution is 5.97. The number of carbonyl (C=O) groups excluding carboxylic acids is 7. The number of carboxylic acids is 2. The minimum Gasteiger partial charge on any atom is -0.481 e. The number of hydrogen-bond donors (Lipinski definition) is 15. The molecule has 0 radical (unpaired) electrons. The van der Waals surface area contributed by atoms with Gasteiger partial charge in [-0.1, -0.05) is 44.2 Å². The van der Waals surface area contributed by atoms with Crippen LogP contribution in [0, 0.1) is 5.92 Å². The van der Waals surface area contributed by atoms with Crippen LogP contribution < -0.4 is 66.3 Å². The van der Waals surface area contributed by atoms with Gasteiger partial charge in [0.25, 0.3) is 0 Å². The zero-order valence-electron chi connectivity index (χ0n) is 37.1. The van der Waals surface area contributed by atoms with Crippen molar-refractivity contribution in [1.29, 1.82) is 0 Å². The highest BCUT2D eigenvalue weighted by Gasteiger charge is 2.34. The van der Waals surface area contributed by atoms with Gasteiger partial charge in [0.1, 0.15) is 36.3 Å². The Bertz CT molecular complexity index is 1860. The van der Waals surface area contributed by atoms with Gasteiger partial charge < -0.3 is 81.6 Å². The minimum atomic E-state index is -1.68. The Hall–Kier alpha value is -7.09. The average Bonchev–Trinajstić information content (AvgIpc) is 3.24. The van der Waals surface area contributed by atoms with Crippen LogP contribution in [0.1, 0.15) is 77.2 Å². The number of benzene rings is 1. The molecule has 0 aliphatic rings. The monoisotopic (exact) mass is 934 g/mol. The van der Waals surface area contributed by atoms with E-state index in [1.165, 1.54) is 0 Å². The lowest BCUT2D eigenvalue weighted by Gasteiger charge is -2.28. The summed E-state index contributed by atoms with van der Waals surface area (Å²) in [4.78, 5) is 124. The summed E-state index contributed by atoms with van der Waals surface area (Å²) in [6, 6.07) is -1.67. The van der Waals surface area contributed by atoms with Crippen LogP contribution in [0.5, 0.6) is 0 Å². The van der Waals surface area contributed by atoms with E-state index in [4.69, 9.17) is 39.5 Å². The maximum atomic E-state index is 14.1. The fourth-order valence-corrected chi connectivity index (χ4v) is 6.10. The van der Waals surface area contributed by atoms with Crippen molar-refractivity contribution in [3.05, 3.63) is 35.9 Å². The second-order valence-corrected chi connectivity index (χ2v) is 15.6. The number of nitrogens with one attached hydrogen (secondary N) is 6. The van der Waals surface area contributed by atoms with E-state index < -0.39 is 109 Å². The summed E-state index contributed by atoms with van der Waals surface area (Å²) in [5.41, 5.74) is 33.1. The van der Waals surface area contributed by atoms with Gasteiger partial charge in [-0.15, -0.1) is 0 Å². The number of guanidine groups is 2. The summed E-state index contributed by atoms with van der Waals surface area (Å²) in [5, 5.41) is 43.7. The Kier molecular flexibility index (Phi) is 26.0. The number of amides is 7. The third-order valence-electron chi connectivity index (χ3n) is 9.53. The molecule has 7 atom stereocenters. The molecule has 1 aromatic rings. The quantitative estimate of drug-likeness (QED) is 0.0182. The van der Waals surface area contributed by atoms with Crippen LogP contribution in [0.25, 0.3) is 0 Å². The molecule has 0 aromatic heterocycles. The summed E-state index contributed by atoms with van der Waals surface area (Å²) in [7, 11) is 0. The highest BCUT2D eigenvalue weighted by atomic mass is 16.4. The first kappa shape index (κ1) is 56.9. The molecule has 0 aliphatic carbocycles. The molecular formula is C40H66N14O12. The first-order chi connectivity index (χ1) is 31.0. The maximum absolute atomic E-state index is 14.1. The molecule has 0 spiro atoms. The van der Waals surface area contributed by atoms with Crippen LogP contribution in [0.2, 0.25) is 0 Å². The lowest BCUT2D eigenvalue weighted by molar-refractivity contribution is -0.142. The number of carboxylic acid groups (broad SMARTS) is 2. The van der Waals surface area contributed by atoms with Crippen LogP contribution in [-0.2, 0) is 49.6 Å². The van der Waals surface area contributed by atoms with Gasteiger partial charge in [-0.3, -0.25) is 48.3 Å². The number of carbonyl (C=O) groups is 9. The van der Waals surface area contributed by atoms with E-state index in [-0.39, 0.29) is 88.7 Å². The summed E-state index contributed by atoms with van der Waals surface area (Å²) in [6.07, 6.45) is -1.46. The molecule has 368 valence electrons. The predicted octanol–water partition coefficient (Wildman–Crippen LogP) is -5.17. The molecule has 0 heterocycles. The van der Waals surface area contributed by atoms with Gasteiger partial charge in [-0.25, -0.2) is 4.79 Å².